The SMILES string of the molecule is CCCNc1nnc(SCC(=O)Nc2ncc(Cl)c(C)c2Cl)s1. The third kappa shape index (κ3) is 5.20. The number of carbonyl (C=O) groups is 1. The molecule has 0 saturated carbocycles. The standard InChI is InChI=1S/C13H15Cl2N5OS2/c1-3-4-16-12-19-20-13(23-12)22-6-9(21)18-11-10(15)7(2)8(14)5-17-11/h5H,3-4,6H2,1-2H3,(H,16,19)(H,17,18,21). The summed E-state index contributed by atoms with van der Waals surface area (Å²) in [4.78, 5) is 16.0. The van der Waals surface area contributed by atoms with Crippen molar-refractivity contribution in [3.8, 4) is 0 Å². The molecule has 0 saturated heterocycles. The van der Waals surface area contributed by atoms with E-state index in [1.54, 1.807) is 6.92 Å². The smallest absolute Gasteiger partial charge is 0.236 e. The van der Waals surface area contributed by atoms with Gasteiger partial charge in [-0.15, -0.1) is 10.2 Å². The van der Waals surface area contributed by atoms with Gasteiger partial charge < -0.3 is 10.6 Å². The van der Waals surface area contributed by atoms with Gasteiger partial charge in [0.05, 0.1) is 15.8 Å². The number of amides is 1. The molecule has 2 rings (SSSR count). The van der Waals surface area contributed by atoms with Crippen molar-refractivity contribution >= 4 is 63.2 Å². The van der Waals surface area contributed by atoms with Crippen LogP contribution in [0, 0.1) is 6.92 Å². The van der Waals surface area contributed by atoms with Gasteiger partial charge in [-0.05, 0) is 18.9 Å². The number of pyridine rings is 1. The van der Waals surface area contributed by atoms with Crippen LogP contribution in [0.2, 0.25) is 10.0 Å². The van der Waals surface area contributed by atoms with Gasteiger partial charge >= 0.3 is 0 Å². The van der Waals surface area contributed by atoms with Gasteiger partial charge in [-0.3, -0.25) is 4.79 Å². The van der Waals surface area contributed by atoms with Crippen LogP contribution in [-0.4, -0.2) is 33.4 Å². The molecule has 2 aromatic heterocycles. The number of halogens is 2. The number of nitrogens with zero attached hydrogens (tertiary/aromatic N) is 3. The monoisotopic (exact) mass is 391 g/mol. The van der Waals surface area contributed by atoms with Crippen molar-refractivity contribution in [2.24, 2.45) is 0 Å². The minimum Gasteiger partial charge on any atom is -0.360 e. The van der Waals surface area contributed by atoms with E-state index in [2.05, 4.69) is 32.7 Å². The van der Waals surface area contributed by atoms with Crippen LogP contribution in [0.5, 0.6) is 0 Å². The Morgan fingerprint density at radius 2 is 2.17 bits per heavy atom. The number of hydrogen-bond donors (Lipinski definition) is 2. The van der Waals surface area contributed by atoms with Gasteiger partial charge in [0.2, 0.25) is 11.0 Å². The van der Waals surface area contributed by atoms with Gasteiger partial charge in [-0.25, -0.2) is 4.98 Å². The van der Waals surface area contributed by atoms with Crippen molar-refractivity contribution < 1.29 is 4.79 Å². The van der Waals surface area contributed by atoms with Crippen LogP contribution in [0.4, 0.5) is 10.9 Å². The zero-order valence-electron chi connectivity index (χ0n) is 12.5. The maximum Gasteiger partial charge on any atom is 0.236 e. The van der Waals surface area contributed by atoms with Crippen molar-refractivity contribution in [2.45, 2.75) is 24.6 Å². The second-order valence-corrected chi connectivity index (χ2v) is 7.52. The first-order valence-electron chi connectivity index (χ1n) is 6.82. The van der Waals surface area contributed by atoms with E-state index in [0.29, 0.717) is 21.4 Å². The fraction of sp³-hybridized carbons (Fsp3) is 0.385. The summed E-state index contributed by atoms with van der Waals surface area (Å²) in [6.07, 6.45) is 2.47. The minimum atomic E-state index is -0.218. The van der Waals surface area contributed by atoms with Crippen molar-refractivity contribution in [3.05, 3.63) is 21.8 Å². The molecule has 2 heterocycles. The third-order valence-corrected chi connectivity index (χ3v) is 5.58. The summed E-state index contributed by atoms with van der Waals surface area (Å²) in [7, 11) is 0. The molecule has 10 heteroatoms. The fourth-order valence-corrected chi connectivity index (χ4v) is 3.48. The number of aromatic nitrogens is 3. The van der Waals surface area contributed by atoms with E-state index >= 15 is 0 Å². The molecule has 2 aromatic rings. The summed E-state index contributed by atoms with van der Waals surface area (Å²) < 4.78 is 0.727. The van der Waals surface area contributed by atoms with Crippen LogP contribution in [0.1, 0.15) is 18.9 Å². The highest BCUT2D eigenvalue weighted by Crippen LogP contribution is 2.29. The Hall–Kier alpha value is -1.09. The lowest BCUT2D eigenvalue weighted by molar-refractivity contribution is -0.113. The first-order valence-corrected chi connectivity index (χ1v) is 9.37. The molecule has 0 spiro atoms. The normalized spacial score (nSPS) is 10.6. The summed E-state index contributed by atoms with van der Waals surface area (Å²) in [5, 5.41) is 15.4. The van der Waals surface area contributed by atoms with E-state index in [0.717, 1.165) is 22.4 Å². The molecule has 0 unspecified atom stereocenters. The Morgan fingerprint density at radius 1 is 1.39 bits per heavy atom. The fourth-order valence-electron chi connectivity index (χ4n) is 1.51. The zero-order chi connectivity index (χ0) is 16.8. The summed E-state index contributed by atoms with van der Waals surface area (Å²) >= 11 is 14.8. The van der Waals surface area contributed by atoms with Crippen LogP contribution in [-0.2, 0) is 4.79 Å². The second-order valence-electron chi connectivity index (χ2n) is 4.53. The van der Waals surface area contributed by atoms with E-state index in [4.69, 9.17) is 23.2 Å². The van der Waals surface area contributed by atoms with E-state index in [1.165, 1.54) is 29.3 Å². The highest BCUT2D eigenvalue weighted by atomic mass is 35.5. The Bertz CT molecular complexity index is 695. The second kappa shape index (κ2) is 8.68. The maximum atomic E-state index is 12.0. The van der Waals surface area contributed by atoms with Crippen LogP contribution in [0.25, 0.3) is 0 Å². The first kappa shape index (κ1) is 18.3. The van der Waals surface area contributed by atoms with E-state index < -0.39 is 0 Å². The number of nitrogens with one attached hydrogen (secondary N) is 2. The average molecular weight is 392 g/mol. The van der Waals surface area contributed by atoms with Crippen molar-refractivity contribution in [1.29, 1.82) is 0 Å². The molecule has 1 amide bonds. The predicted molar refractivity (Wildman–Crippen MR) is 97.0 cm³/mol. The molecule has 0 aliphatic heterocycles. The first-order chi connectivity index (χ1) is 11.0. The Morgan fingerprint density at radius 3 is 2.91 bits per heavy atom. The van der Waals surface area contributed by atoms with Crippen molar-refractivity contribution in [3.63, 3.8) is 0 Å². The number of hydrogen-bond acceptors (Lipinski definition) is 7. The van der Waals surface area contributed by atoms with Crippen molar-refractivity contribution in [1.82, 2.24) is 15.2 Å². The molecule has 6 nitrogen and oxygen atoms in total. The van der Waals surface area contributed by atoms with Gasteiger partial charge in [0.1, 0.15) is 0 Å². The van der Waals surface area contributed by atoms with Crippen LogP contribution >= 0.6 is 46.3 Å². The molecule has 0 radical (unpaired) electrons. The predicted octanol–water partition coefficient (Wildman–Crippen LogP) is 4.10. The Balaban J connectivity index is 1.88. The molecule has 0 fully saturated rings. The average Bonchev–Trinajstić information content (AvgIpc) is 2.99. The number of rotatable bonds is 7. The van der Waals surface area contributed by atoms with Gasteiger partial charge in [-0.1, -0.05) is 53.2 Å². The highest BCUT2D eigenvalue weighted by Gasteiger charge is 2.13. The van der Waals surface area contributed by atoms with Crippen LogP contribution in [0.15, 0.2) is 10.5 Å². The molecule has 23 heavy (non-hydrogen) atoms. The molecule has 0 aliphatic carbocycles. The van der Waals surface area contributed by atoms with Gasteiger partial charge in [-0.2, -0.15) is 0 Å². The molecule has 0 bridgehead atoms. The number of thioether (sulfide) groups is 1. The maximum absolute atomic E-state index is 12.0. The summed E-state index contributed by atoms with van der Waals surface area (Å²) in [5.74, 6) is 0.286. The lowest BCUT2D eigenvalue weighted by Gasteiger charge is -2.08. The Kier molecular flexibility index (Phi) is 6.88. The topological polar surface area (TPSA) is 79.8 Å². The van der Waals surface area contributed by atoms with Crippen LogP contribution < -0.4 is 10.6 Å². The molecule has 2 N–H and O–H groups in total. The molecule has 0 aromatic carbocycles. The lowest BCUT2D eigenvalue weighted by atomic mass is 10.3. The highest BCUT2D eigenvalue weighted by molar-refractivity contribution is 8.01. The molecule has 124 valence electrons. The van der Waals surface area contributed by atoms with Crippen molar-refractivity contribution in [2.75, 3.05) is 22.9 Å². The third-order valence-electron chi connectivity index (χ3n) is 2.72. The zero-order valence-corrected chi connectivity index (χ0v) is 15.7. The Labute approximate surface area is 152 Å². The summed E-state index contributed by atoms with van der Waals surface area (Å²) in [5.41, 5.74) is 0.682. The molecule has 0 atom stereocenters. The summed E-state index contributed by atoms with van der Waals surface area (Å²) in [6.45, 7) is 4.69. The van der Waals surface area contributed by atoms with Gasteiger partial charge in [0, 0.05) is 12.7 Å². The van der Waals surface area contributed by atoms with Gasteiger partial charge in [0.25, 0.3) is 0 Å². The van der Waals surface area contributed by atoms with Gasteiger partial charge in [0.15, 0.2) is 10.2 Å². The molecule has 0 aliphatic rings. The van der Waals surface area contributed by atoms with E-state index in [-0.39, 0.29) is 11.7 Å². The molecular weight excluding hydrogens is 377 g/mol. The minimum absolute atomic E-state index is 0.197. The number of carbonyl (C=O) groups excluding carboxylic acids is 1. The van der Waals surface area contributed by atoms with E-state index in [9.17, 15) is 4.79 Å². The largest absolute Gasteiger partial charge is 0.360 e. The summed E-state index contributed by atoms with van der Waals surface area (Å²) in [6, 6.07) is 0. The lowest BCUT2D eigenvalue weighted by Crippen LogP contribution is -2.15. The quantitative estimate of drug-likeness (QED) is 0.691. The van der Waals surface area contributed by atoms with E-state index in [1.807, 2.05) is 0 Å². The van der Waals surface area contributed by atoms with Crippen LogP contribution in [0.3, 0.4) is 0 Å². The number of anilines is 2. The molecular formula is C13H15Cl2N5OS2.